The number of rotatable bonds is 5. The van der Waals surface area contributed by atoms with Gasteiger partial charge in [-0.1, -0.05) is 0 Å². The molecule has 1 heterocycles. The Morgan fingerprint density at radius 3 is 2.57 bits per heavy atom. The van der Waals surface area contributed by atoms with Crippen molar-refractivity contribution in [3.8, 4) is 5.75 Å². The van der Waals surface area contributed by atoms with E-state index in [9.17, 15) is 5.11 Å². The molecule has 0 unspecified atom stereocenters. The zero-order chi connectivity index (χ0) is 16.3. The molecule has 128 valence electrons. The Kier molecular flexibility index (Phi) is 4.66. The first kappa shape index (κ1) is 16.4. The van der Waals surface area contributed by atoms with Crippen molar-refractivity contribution >= 4 is 11.4 Å². The van der Waals surface area contributed by atoms with Crippen molar-refractivity contribution in [2.75, 3.05) is 37.9 Å². The predicted molar refractivity (Wildman–Crippen MR) is 88.6 cm³/mol. The zero-order valence-corrected chi connectivity index (χ0v) is 13.6. The van der Waals surface area contributed by atoms with E-state index in [1.165, 1.54) is 0 Å². The van der Waals surface area contributed by atoms with Gasteiger partial charge in [0.2, 0.25) is 0 Å². The molecule has 1 aliphatic carbocycles. The number of hydrogen-bond acceptors (Lipinski definition) is 6. The standard InChI is InChI=1S/C17H26N2O4/c1-21-13-2-3-14(18)15(12-13)19-9-8-16(20)4-6-17(7-5-16)22-10-11-23-17/h2-3,12,19-20H,4-11,18H2,1H3. The number of benzene rings is 1. The van der Waals surface area contributed by atoms with Crippen LogP contribution in [0.1, 0.15) is 32.1 Å². The van der Waals surface area contributed by atoms with Crippen LogP contribution in [0.15, 0.2) is 18.2 Å². The summed E-state index contributed by atoms with van der Waals surface area (Å²) in [6, 6.07) is 5.51. The molecule has 1 aromatic carbocycles. The highest BCUT2D eigenvalue weighted by molar-refractivity contribution is 5.68. The van der Waals surface area contributed by atoms with Crippen LogP contribution in [-0.4, -0.2) is 43.4 Å². The molecule has 1 aliphatic heterocycles. The van der Waals surface area contributed by atoms with Crippen LogP contribution < -0.4 is 15.8 Å². The normalized spacial score (nSPS) is 22.2. The van der Waals surface area contributed by atoms with Gasteiger partial charge in [-0.25, -0.2) is 0 Å². The largest absolute Gasteiger partial charge is 0.497 e. The molecule has 2 aliphatic rings. The second kappa shape index (κ2) is 6.55. The number of aliphatic hydroxyl groups is 1. The van der Waals surface area contributed by atoms with E-state index in [1.54, 1.807) is 7.11 Å². The highest BCUT2D eigenvalue weighted by Crippen LogP contribution is 2.41. The molecular formula is C17H26N2O4. The molecule has 23 heavy (non-hydrogen) atoms. The van der Waals surface area contributed by atoms with Crippen molar-refractivity contribution in [2.45, 2.75) is 43.5 Å². The van der Waals surface area contributed by atoms with E-state index < -0.39 is 11.4 Å². The van der Waals surface area contributed by atoms with Crippen LogP contribution in [0.3, 0.4) is 0 Å². The van der Waals surface area contributed by atoms with Crippen molar-refractivity contribution in [1.82, 2.24) is 0 Å². The van der Waals surface area contributed by atoms with Crippen molar-refractivity contribution < 1.29 is 19.3 Å². The third kappa shape index (κ3) is 3.71. The molecule has 0 bridgehead atoms. The number of anilines is 2. The van der Waals surface area contributed by atoms with Crippen LogP contribution >= 0.6 is 0 Å². The molecule has 2 fully saturated rings. The van der Waals surface area contributed by atoms with Gasteiger partial charge in [-0.05, 0) is 31.4 Å². The van der Waals surface area contributed by atoms with Gasteiger partial charge in [-0.2, -0.15) is 0 Å². The summed E-state index contributed by atoms with van der Waals surface area (Å²) in [5.74, 6) is 0.326. The van der Waals surface area contributed by atoms with Gasteiger partial charge in [0.15, 0.2) is 5.79 Å². The summed E-state index contributed by atoms with van der Waals surface area (Å²) in [5.41, 5.74) is 6.81. The van der Waals surface area contributed by atoms with Crippen LogP contribution in [0.25, 0.3) is 0 Å². The average Bonchev–Trinajstić information content (AvgIpc) is 3.02. The fourth-order valence-corrected chi connectivity index (χ4v) is 3.38. The molecule has 0 aromatic heterocycles. The van der Waals surface area contributed by atoms with Crippen LogP contribution in [0.5, 0.6) is 5.75 Å². The number of hydrogen-bond donors (Lipinski definition) is 3. The molecule has 4 N–H and O–H groups in total. The van der Waals surface area contributed by atoms with Gasteiger partial charge >= 0.3 is 0 Å². The lowest BCUT2D eigenvalue weighted by Crippen LogP contribution is -2.44. The maximum absolute atomic E-state index is 10.8. The fourth-order valence-electron chi connectivity index (χ4n) is 3.38. The number of nitrogens with one attached hydrogen (secondary N) is 1. The molecule has 6 nitrogen and oxygen atoms in total. The molecule has 0 amide bonds. The smallest absolute Gasteiger partial charge is 0.168 e. The van der Waals surface area contributed by atoms with Crippen LogP contribution in [0, 0.1) is 0 Å². The Bertz CT molecular complexity index is 533. The summed E-state index contributed by atoms with van der Waals surface area (Å²) in [6.07, 6.45) is 3.57. The number of nitrogen functional groups attached to an aromatic ring is 1. The molecule has 0 radical (unpaired) electrons. The predicted octanol–water partition coefficient (Wildman–Crippen LogP) is 2.13. The van der Waals surface area contributed by atoms with Gasteiger partial charge in [0.25, 0.3) is 0 Å². The minimum absolute atomic E-state index is 0.434. The zero-order valence-electron chi connectivity index (χ0n) is 13.6. The molecule has 6 heteroatoms. The van der Waals surface area contributed by atoms with Crippen LogP contribution in [0.4, 0.5) is 11.4 Å². The Morgan fingerprint density at radius 1 is 1.22 bits per heavy atom. The first-order valence-corrected chi connectivity index (χ1v) is 8.22. The van der Waals surface area contributed by atoms with E-state index in [4.69, 9.17) is 19.9 Å². The summed E-state index contributed by atoms with van der Waals surface area (Å²) in [4.78, 5) is 0. The third-order valence-corrected chi connectivity index (χ3v) is 4.92. The fraction of sp³-hybridized carbons (Fsp3) is 0.647. The van der Waals surface area contributed by atoms with E-state index in [1.807, 2.05) is 18.2 Å². The van der Waals surface area contributed by atoms with Crippen molar-refractivity contribution in [3.63, 3.8) is 0 Å². The van der Waals surface area contributed by atoms with Crippen molar-refractivity contribution in [2.24, 2.45) is 0 Å². The second-order valence-electron chi connectivity index (χ2n) is 6.46. The maximum Gasteiger partial charge on any atom is 0.168 e. The average molecular weight is 322 g/mol. The van der Waals surface area contributed by atoms with E-state index >= 15 is 0 Å². The first-order valence-electron chi connectivity index (χ1n) is 8.22. The van der Waals surface area contributed by atoms with Crippen LogP contribution in [0.2, 0.25) is 0 Å². The van der Waals surface area contributed by atoms with Gasteiger partial charge in [-0.3, -0.25) is 0 Å². The van der Waals surface area contributed by atoms with Gasteiger partial charge in [0, 0.05) is 25.5 Å². The van der Waals surface area contributed by atoms with E-state index in [2.05, 4.69) is 5.32 Å². The van der Waals surface area contributed by atoms with E-state index in [0.717, 1.165) is 24.3 Å². The highest BCUT2D eigenvalue weighted by atomic mass is 16.7. The lowest BCUT2D eigenvalue weighted by Gasteiger charge is -2.40. The van der Waals surface area contributed by atoms with Gasteiger partial charge in [-0.15, -0.1) is 0 Å². The number of methoxy groups -OCH3 is 1. The Morgan fingerprint density at radius 2 is 1.91 bits per heavy atom. The summed E-state index contributed by atoms with van der Waals surface area (Å²) in [5, 5.41) is 14.0. The summed E-state index contributed by atoms with van der Waals surface area (Å²) in [6.45, 7) is 1.98. The lowest BCUT2D eigenvalue weighted by atomic mass is 9.79. The molecule has 1 saturated heterocycles. The van der Waals surface area contributed by atoms with Crippen molar-refractivity contribution in [3.05, 3.63) is 18.2 Å². The molecule has 1 saturated carbocycles. The van der Waals surface area contributed by atoms with Crippen molar-refractivity contribution in [1.29, 1.82) is 0 Å². The summed E-state index contributed by atoms with van der Waals surface area (Å²) < 4.78 is 16.6. The maximum atomic E-state index is 10.8. The Hall–Kier alpha value is -1.50. The number of ether oxygens (including phenoxy) is 3. The molecular weight excluding hydrogens is 296 g/mol. The first-order chi connectivity index (χ1) is 11.0. The number of nitrogens with two attached hydrogens (primary N) is 1. The third-order valence-electron chi connectivity index (χ3n) is 4.92. The summed E-state index contributed by atoms with van der Waals surface area (Å²) in [7, 11) is 1.63. The van der Waals surface area contributed by atoms with E-state index in [-0.39, 0.29) is 0 Å². The second-order valence-corrected chi connectivity index (χ2v) is 6.46. The monoisotopic (exact) mass is 322 g/mol. The molecule has 1 aromatic rings. The highest BCUT2D eigenvalue weighted by Gasteiger charge is 2.45. The van der Waals surface area contributed by atoms with Gasteiger partial charge in [0.05, 0.1) is 37.3 Å². The summed E-state index contributed by atoms with van der Waals surface area (Å²) >= 11 is 0. The molecule has 3 rings (SSSR count). The minimum Gasteiger partial charge on any atom is -0.497 e. The quantitative estimate of drug-likeness (QED) is 0.720. The topological polar surface area (TPSA) is 86.0 Å². The van der Waals surface area contributed by atoms with Gasteiger partial charge < -0.3 is 30.4 Å². The SMILES string of the molecule is COc1ccc(N)c(NCCC2(O)CCC3(CC2)OCCO3)c1. The van der Waals surface area contributed by atoms with Gasteiger partial charge in [0.1, 0.15) is 5.75 Å². The molecule has 1 spiro atoms. The molecule has 0 atom stereocenters. The van der Waals surface area contributed by atoms with Crippen LogP contribution in [-0.2, 0) is 9.47 Å². The Labute approximate surface area is 136 Å². The lowest BCUT2D eigenvalue weighted by molar-refractivity contribution is -0.202. The van der Waals surface area contributed by atoms with E-state index in [0.29, 0.717) is 44.7 Å². The minimum atomic E-state index is -0.665. The Balaban J connectivity index is 1.50.